The van der Waals surface area contributed by atoms with E-state index >= 15 is 0 Å². The van der Waals surface area contributed by atoms with Crippen molar-refractivity contribution >= 4 is 6.29 Å². The van der Waals surface area contributed by atoms with Gasteiger partial charge in [0.05, 0.1) is 0 Å². The van der Waals surface area contributed by atoms with Crippen LogP contribution in [0.3, 0.4) is 0 Å². The van der Waals surface area contributed by atoms with Crippen molar-refractivity contribution < 1.29 is 9.18 Å². The van der Waals surface area contributed by atoms with E-state index in [1.54, 1.807) is 18.2 Å². The molecule has 0 aliphatic heterocycles. The van der Waals surface area contributed by atoms with Gasteiger partial charge in [0.1, 0.15) is 5.82 Å². The number of hydrogen-bond acceptors (Lipinski definition) is 2. The minimum atomic E-state index is -0.346. The number of halogens is 1. The number of aldehydes is 1. The Hall–Kier alpha value is -2.03. The van der Waals surface area contributed by atoms with Gasteiger partial charge in [0.15, 0.2) is 6.29 Å². The summed E-state index contributed by atoms with van der Waals surface area (Å²) < 4.78 is 13.6. The monoisotopic (exact) mass is 215 g/mol. The second-order valence-corrected chi connectivity index (χ2v) is 3.56. The molecule has 0 aliphatic carbocycles. The van der Waals surface area contributed by atoms with Crippen LogP contribution in [0.1, 0.15) is 15.9 Å². The molecule has 1 heterocycles. The number of aryl methyl sites for hydroxylation is 1. The highest BCUT2D eigenvalue weighted by Crippen LogP contribution is 2.25. The Labute approximate surface area is 92.8 Å². The molecule has 0 aliphatic rings. The van der Waals surface area contributed by atoms with Gasteiger partial charge in [-0.1, -0.05) is 11.6 Å². The molecule has 1 aromatic heterocycles. The molecule has 3 heteroatoms. The largest absolute Gasteiger partial charge is 0.298 e. The smallest absolute Gasteiger partial charge is 0.150 e. The highest BCUT2D eigenvalue weighted by molar-refractivity contribution is 5.87. The lowest BCUT2D eigenvalue weighted by atomic mass is 10.0. The van der Waals surface area contributed by atoms with Gasteiger partial charge >= 0.3 is 0 Å². The van der Waals surface area contributed by atoms with Crippen LogP contribution in [0.4, 0.5) is 4.39 Å². The number of hydrogen-bond donors (Lipinski definition) is 0. The van der Waals surface area contributed by atoms with Gasteiger partial charge in [0.2, 0.25) is 0 Å². The summed E-state index contributed by atoms with van der Waals surface area (Å²) >= 11 is 0. The Morgan fingerprint density at radius 2 is 2.06 bits per heavy atom. The Balaban J connectivity index is 2.66. The number of benzene rings is 1. The molecule has 0 saturated heterocycles. The lowest BCUT2D eigenvalue weighted by Crippen LogP contribution is -1.92. The van der Waals surface area contributed by atoms with Crippen LogP contribution in [0.25, 0.3) is 11.1 Å². The first-order chi connectivity index (χ1) is 7.72. The molecule has 0 fully saturated rings. The van der Waals surface area contributed by atoms with Crippen LogP contribution >= 0.6 is 0 Å². The quantitative estimate of drug-likeness (QED) is 0.721. The van der Waals surface area contributed by atoms with E-state index in [1.807, 2.05) is 6.92 Å². The molecule has 16 heavy (non-hydrogen) atoms. The van der Waals surface area contributed by atoms with E-state index in [2.05, 4.69) is 4.98 Å². The fourth-order valence-corrected chi connectivity index (χ4v) is 1.58. The Morgan fingerprint density at radius 1 is 1.25 bits per heavy atom. The maximum Gasteiger partial charge on any atom is 0.150 e. The third-order valence-electron chi connectivity index (χ3n) is 2.39. The summed E-state index contributed by atoms with van der Waals surface area (Å²) in [6.45, 7) is 1.87. The van der Waals surface area contributed by atoms with Crippen LogP contribution in [0.2, 0.25) is 0 Å². The van der Waals surface area contributed by atoms with Crippen LogP contribution in [0, 0.1) is 12.7 Å². The molecule has 0 saturated carbocycles. The molecule has 80 valence electrons. The van der Waals surface area contributed by atoms with Crippen LogP contribution in [-0.4, -0.2) is 11.3 Å². The van der Waals surface area contributed by atoms with Crippen LogP contribution in [0.15, 0.2) is 36.7 Å². The minimum Gasteiger partial charge on any atom is -0.298 e. The third-order valence-corrected chi connectivity index (χ3v) is 2.39. The zero-order valence-corrected chi connectivity index (χ0v) is 8.77. The van der Waals surface area contributed by atoms with E-state index < -0.39 is 0 Å². The molecular weight excluding hydrogens is 205 g/mol. The second-order valence-electron chi connectivity index (χ2n) is 3.56. The molecule has 0 unspecified atom stereocenters. The number of aromatic nitrogens is 1. The SMILES string of the molecule is Cc1ccc(F)c(-c2cnccc2C=O)c1. The Kier molecular flexibility index (Phi) is 2.77. The van der Waals surface area contributed by atoms with Gasteiger partial charge in [-0.3, -0.25) is 9.78 Å². The normalized spacial score (nSPS) is 10.1. The lowest BCUT2D eigenvalue weighted by molar-refractivity contribution is 0.112. The summed E-state index contributed by atoms with van der Waals surface area (Å²) in [5.41, 5.74) is 2.32. The highest BCUT2D eigenvalue weighted by Gasteiger charge is 2.09. The van der Waals surface area contributed by atoms with Gasteiger partial charge < -0.3 is 0 Å². The van der Waals surface area contributed by atoms with Crippen molar-refractivity contribution in [3.05, 3.63) is 53.6 Å². The van der Waals surface area contributed by atoms with Crippen molar-refractivity contribution in [3.8, 4) is 11.1 Å². The number of carbonyl (C=O) groups is 1. The first kappa shape index (κ1) is 10.5. The van der Waals surface area contributed by atoms with Crippen molar-refractivity contribution in [1.29, 1.82) is 0 Å². The van der Waals surface area contributed by atoms with Crippen molar-refractivity contribution in [1.82, 2.24) is 4.98 Å². The predicted molar refractivity (Wildman–Crippen MR) is 59.8 cm³/mol. The summed E-state index contributed by atoms with van der Waals surface area (Å²) in [5.74, 6) is -0.346. The van der Waals surface area contributed by atoms with Crippen LogP contribution in [0.5, 0.6) is 0 Å². The zero-order chi connectivity index (χ0) is 11.5. The van der Waals surface area contributed by atoms with Crippen LogP contribution < -0.4 is 0 Å². The van der Waals surface area contributed by atoms with Crippen molar-refractivity contribution in [3.63, 3.8) is 0 Å². The Bertz CT molecular complexity index is 537. The topological polar surface area (TPSA) is 30.0 Å². The summed E-state index contributed by atoms with van der Waals surface area (Å²) in [4.78, 5) is 14.8. The first-order valence-electron chi connectivity index (χ1n) is 4.88. The van der Waals surface area contributed by atoms with E-state index in [4.69, 9.17) is 0 Å². The summed E-state index contributed by atoms with van der Waals surface area (Å²) in [6.07, 6.45) is 3.72. The summed E-state index contributed by atoms with van der Waals surface area (Å²) in [6, 6.07) is 6.37. The van der Waals surface area contributed by atoms with Crippen LogP contribution in [-0.2, 0) is 0 Å². The van der Waals surface area contributed by atoms with Gasteiger partial charge in [0.25, 0.3) is 0 Å². The molecular formula is C13H10FNO. The molecule has 2 rings (SSSR count). The predicted octanol–water partition coefficient (Wildman–Crippen LogP) is 3.01. The maximum absolute atomic E-state index is 13.6. The molecule has 0 atom stereocenters. The zero-order valence-electron chi connectivity index (χ0n) is 8.77. The highest BCUT2D eigenvalue weighted by atomic mass is 19.1. The van der Waals surface area contributed by atoms with Crippen molar-refractivity contribution in [2.45, 2.75) is 6.92 Å². The second kappa shape index (κ2) is 4.23. The summed E-state index contributed by atoms with van der Waals surface area (Å²) in [5, 5.41) is 0. The standard InChI is InChI=1S/C13H10FNO/c1-9-2-3-13(14)11(6-9)12-7-15-5-4-10(12)8-16/h2-8H,1H3. The molecule has 0 amide bonds. The molecule has 1 aromatic carbocycles. The maximum atomic E-state index is 13.6. The average molecular weight is 215 g/mol. The van der Waals surface area contributed by atoms with Gasteiger partial charge in [-0.2, -0.15) is 0 Å². The molecule has 0 radical (unpaired) electrons. The van der Waals surface area contributed by atoms with E-state index in [0.717, 1.165) is 5.56 Å². The van der Waals surface area contributed by atoms with E-state index in [0.29, 0.717) is 23.0 Å². The van der Waals surface area contributed by atoms with Gasteiger partial charge in [-0.05, 0) is 25.1 Å². The Morgan fingerprint density at radius 3 is 2.81 bits per heavy atom. The van der Waals surface area contributed by atoms with E-state index in [-0.39, 0.29) is 5.82 Å². The minimum absolute atomic E-state index is 0.346. The lowest BCUT2D eigenvalue weighted by Gasteiger charge is -2.06. The molecule has 0 spiro atoms. The number of carbonyl (C=O) groups excluding carboxylic acids is 1. The van der Waals surface area contributed by atoms with Gasteiger partial charge in [0, 0.05) is 29.1 Å². The fraction of sp³-hybridized carbons (Fsp3) is 0.0769. The van der Waals surface area contributed by atoms with Crippen molar-refractivity contribution in [2.24, 2.45) is 0 Å². The average Bonchev–Trinajstić information content (AvgIpc) is 2.32. The number of nitrogens with zero attached hydrogens (tertiary/aromatic N) is 1. The fourth-order valence-electron chi connectivity index (χ4n) is 1.58. The number of rotatable bonds is 2. The van der Waals surface area contributed by atoms with Gasteiger partial charge in [-0.25, -0.2) is 4.39 Å². The van der Waals surface area contributed by atoms with Gasteiger partial charge in [-0.15, -0.1) is 0 Å². The molecule has 2 nitrogen and oxygen atoms in total. The first-order valence-corrected chi connectivity index (χ1v) is 4.88. The molecule has 2 aromatic rings. The van der Waals surface area contributed by atoms with Crippen molar-refractivity contribution in [2.75, 3.05) is 0 Å². The molecule has 0 bridgehead atoms. The molecule has 0 N–H and O–H groups in total. The van der Waals surface area contributed by atoms with E-state index in [9.17, 15) is 9.18 Å². The third kappa shape index (κ3) is 1.84. The van der Waals surface area contributed by atoms with E-state index in [1.165, 1.54) is 18.5 Å². The number of pyridine rings is 1. The summed E-state index contributed by atoms with van der Waals surface area (Å²) in [7, 11) is 0.